The third kappa shape index (κ3) is 10.8. The van der Waals surface area contributed by atoms with Crippen molar-refractivity contribution in [3.8, 4) is 0 Å². The van der Waals surface area contributed by atoms with Crippen molar-refractivity contribution in [1.82, 2.24) is 0 Å². The molecule has 0 aliphatic heterocycles. The Balaban J connectivity index is 3.32. The van der Waals surface area contributed by atoms with Crippen LogP contribution >= 0.6 is 11.6 Å². The molecule has 2 atom stereocenters. The van der Waals surface area contributed by atoms with E-state index >= 15 is 0 Å². The summed E-state index contributed by atoms with van der Waals surface area (Å²) < 4.78 is 0. The third-order valence-corrected chi connectivity index (χ3v) is 3.69. The Morgan fingerprint density at radius 1 is 0.688 bits per heavy atom. The molecule has 0 nitrogen and oxygen atoms in total. The first-order chi connectivity index (χ1) is 7.56. The zero-order chi connectivity index (χ0) is 12.4. The van der Waals surface area contributed by atoms with E-state index in [0.29, 0.717) is 0 Å². The van der Waals surface area contributed by atoms with Crippen molar-refractivity contribution in [3.63, 3.8) is 0 Å². The molecule has 0 radical (unpaired) electrons. The maximum atomic E-state index is 5.74. The number of alkyl halides is 1. The van der Waals surface area contributed by atoms with Crippen LogP contribution in [0.2, 0.25) is 0 Å². The zero-order valence-corrected chi connectivity index (χ0v) is 12.5. The van der Waals surface area contributed by atoms with Gasteiger partial charge in [0.2, 0.25) is 0 Å². The highest BCUT2D eigenvalue weighted by Gasteiger charge is 2.05. The molecule has 1 heteroatoms. The maximum absolute atomic E-state index is 5.74. The first-order valence-electron chi connectivity index (χ1n) is 7.12. The second-order valence-electron chi connectivity index (χ2n) is 5.94. The van der Waals surface area contributed by atoms with E-state index < -0.39 is 0 Å². The van der Waals surface area contributed by atoms with Crippen LogP contribution < -0.4 is 0 Å². The van der Waals surface area contributed by atoms with Gasteiger partial charge in [-0.3, -0.25) is 0 Å². The van der Waals surface area contributed by atoms with Crippen LogP contribution in [0.5, 0.6) is 0 Å². The largest absolute Gasteiger partial charge is 0.127 e. The van der Waals surface area contributed by atoms with Gasteiger partial charge in [0.05, 0.1) is 0 Å². The molecule has 16 heavy (non-hydrogen) atoms. The second-order valence-corrected chi connectivity index (χ2v) is 6.32. The molecule has 0 saturated carbocycles. The highest BCUT2D eigenvalue weighted by atomic mass is 35.5. The van der Waals surface area contributed by atoms with Crippen LogP contribution in [-0.4, -0.2) is 5.88 Å². The maximum Gasteiger partial charge on any atom is 0.0225 e. The molecule has 98 valence electrons. The average Bonchev–Trinajstić information content (AvgIpc) is 2.17. The minimum absolute atomic E-state index is 0.820. The molecule has 0 N–H and O–H groups in total. The Labute approximate surface area is 108 Å². The molecule has 0 rings (SSSR count). The number of rotatable bonds is 10. The molecular weight excluding hydrogens is 216 g/mol. The Bertz CT molecular complexity index is 142. The van der Waals surface area contributed by atoms with Crippen molar-refractivity contribution in [2.24, 2.45) is 17.8 Å². The van der Waals surface area contributed by atoms with E-state index in [1.165, 1.54) is 44.9 Å². The summed E-state index contributed by atoms with van der Waals surface area (Å²) in [4.78, 5) is 0. The Morgan fingerprint density at radius 3 is 1.56 bits per heavy atom. The molecule has 0 aromatic carbocycles. The van der Waals surface area contributed by atoms with Crippen LogP contribution in [0.15, 0.2) is 0 Å². The Hall–Kier alpha value is 0.290. The van der Waals surface area contributed by atoms with Crippen molar-refractivity contribution in [1.29, 1.82) is 0 Å². The van der Waals surface area contributed by atoms with E-state index in [4.69, 9.17) is 11.6 Å². The van der Waals surface area contributed by atoms with Gasteiger partial charge in [-0.1, -0.05) is 66.2 Å². The molecule has 0 saturated heterocycles. The van der Waals surface area contributed by atoms with Crippen molar-refractivity contribution < 1.29 is 0 Å². The Morgan fingerprint density at radius 2 is 1.12 bits per heavy atom. The monoisotopic (exact) mass is 246 g/mol. The quantitative estimate of drug-likeness (QED) is 0.422. The van der Waals surface area contributed by atoms with Gasteiger partial charge in [-0.25, -0.2) is 0 Å². The average molecular weight is 247 g/mol. The number of hydrogen-bond acceptors (Lipinski definition) is 0. The summed E-state index contributed by atoms with van der Waals surface area (Å²) in [6.45, 7) is 9.37. The fourth-order valence-corrected chi connectivity index (χ4v) is 2.54. The first kappa shape index (κ1) is 16.3. The molecular formula is C15H31Cl. The standard InChI is InChI=1S/C15H31Cl/c1-13(2)7-5-8-14(3)9-6-10-15(4)11-12-16/h13-15H,5-12H2,1-4H3/t14-,15-/m1/s1. The number of hydrogen-bond donors (Lipinski definition) is 0. The molecule has 0 fully saturated rings. The van der Waals surface area contributed by atoms with Gasteiger partial charge in [0.15, 0.2) is 0 Å². The SMILES string of the molecule is CC(C)CCC[C@@H](C)CCC[C@@H](C)CCCl. The predicted molar refractivity (Wildman–Crippen MR) is 76.2 cm³/mol. The van der Waals surface area contributed by atoms with Crippen LogP contribution in [0.25, 0.3) is 0 Å². The lowest BCUT2D eigenvalue weighted by Gasteiger charge is -2.14. The van der Waals surface area contributed by atoms with Gasteiger partial charge < -0.3 is 0 Å². The topological polar surface area (TPSA) is 0 Å². The second kappa shape index (κ2) is 10.4. The van der Waals surface area contributed by atoms with Crippen LogP contribution in [0.3, 0.4) is 0 Å². The fourth-order valence-electron chi connectivity index (χ4n) is 2.16. The summed E-state index contributed by atoms with van der Waals surface area (Å²) in [7, 11) is 0. The molecule has 0 aliphatic carbocycles. The zero-order valence-electron chi connectivity index (χ0n) is 11.8. The highest BCUT2D eigenvalue weighted by Crippen LogP contribution is 2.20. The van der Waals surface area contributed by atoms with Crippen LogP contribution in [-0.2, 0) is 0 Å². The van der Waals surface area contributed by atoms with Gasteiger partial charge in [0.1, 0.15) is 0 Å². The van der Waals surface area contributed by atoms with Crippen molar-refractivity contribution in [3.05, 3.63) is 0 Å². The minimum atomic E-state index is 0.820. The van der Waals surface area contributed by atoms with Crippen molar-refractivity contribution >= 4 is 11.6 Å². The summed E-state index contributed by atoms with van der Waals surface area (Å²) in [6, 6.07) is 0. The lowest BCUT2D eigenvalue weighted by atomic mass is 9.93. The molecule has 0 aromatic rings. The molecule has 0 bridgehead atoms. The van der Waals surface area contributed by atoms with Gasteiger partial charge in [0, 0.05) is 5.88 Å². The van der Waals surface area contributed by atoms with Gasteiger partial charge in [-0.05, 0) is 24.2 Å². The predicted octanol–water partition coefficient (Wildman–Crippen LogP) is 5.88. The van der Waals surface area contributed by atoms with Crippen LogP contribution in [0, 0.1) is 17.8 Å². The van der Waals surface area contributed by atoms with E-state index in [-0.39, 0.29) is 0 Å². The minimum Gasteiger partial charge on any atom is -0.127 e. The third-order valence-electron chi connectivity index (χ3n) is 3.47. The smallest absolute Gasteiger partial charge is 0.0225 e. The van der Waals surface area contributed by atoms with Crippen LogP contribution in [0.4, 0.5) is 0 Å². The normalized spacial score (nSPS) is 15.4. The van der Waals surface area contributed by atoms with E-state index in [1.54, 1.807) is 0 Å². The lowest BCUT2D eigenvalue weighted by Crippen LogP contribution is -2.00. The highest BCUT2D eigenvalue weighted by molar-refractivity contribution is 6.17. The molecule has 0 unspecified atom stereocenters. The molecule has 0 amide bonds. The molecule has 0 heterocycles. The van der Waals surface area contributed by atoms with E-state index in [0.717, 1.165) is 23.6 Å². The van der Waals surface area contributed by atoms with E-state index in [9.17, 15) is 0 Å². The summed E-state index contributed by atoms with van der Waals surface area (Å²) in [5, 5.41) is 0. The van der Waals surface area contributed by atoms with Gasteiger partial charge in [-0.15, -0.1) is 11.6 Å². The van der Waals surface area contributed by atoms with Crippen molar-refractivity contribution in [2.45, 2.75) is 72.6 Å². The summed E-state index contributed by atoms with van der Waals surface area (Å²) >= 11 is 5.74. The van der Waals surface area contributed by atoms with Gasteiger partial charge >= 0.3 is 0 Å². The lowest BCUT2D eigenvalue weighted by molar-refractivity contribution is 0.397. The Kier molecular flexibility index (Phi) is 10.6. The van der Waals surface area contributed by atoms with E-state index in [1.807, 2.05) is 0 Å². The first-order valence-corrected chi connectivity index (χ1v) is 7.65. The number of halogens is 1. The summed E-state index contributed by atoms with van der Waals surface area (Å²) in [5.74, 6) is 3.43. The molecule has 0 spiro atoms. The van der Waals surface area contributed by atoms with Gasteiger partial charge in [0.25, 0.3) is 0 Å². The molecule has 0 aliphatic rings. The summed E-state index contributed by atoms with van der Waals surface area (Å²) in [6.07, 6.45) is 9.57. The molecule has 0 aromatic heterocycles. The van der Waals surface area contributed by atoms with Crippen molar-refractivity contribution in [2.75, 3.05) is 5.88 Å². The summed E-state index contributed by atoms with van der Waals surface area (Å²) in [5.41, 5.74) is 0. The van der Waals surface area contributed by atoms with Gasteiger partial charge in [-0.2, -0.15) is 0 Å². The fraction of sp³-hybridized carbons (Fsp3) is 1.00. The van der Waals surface area contributed by atoms with Crippen LogP contribution in [0.1, 0.15) is 72.6 Å². The van der Waals surface area contributed by atoms with E-state index in [2.05, 4.69) is 27.7 Å².